The molecule has 2 aromatic heterocycles. The van der Waals surface area contributed by atoms with Crippen LogP contribution in [-0.4, -0.2) is 9.97 Å². The number of pyridine rings is 2. The number of aryl methyl sites for hydroxylation is 1. The van der Waals surface area contributed by atoms with Gasteiger partial charge >= 0.3 is 0 Å². The normalized spacial score (nSPS) is 10.1. The van der Waals surface area contributed by atoms with Crippen molar-refractivity contribution in [2.24, 2.45) is 0 Å². The molecule has 0 aromatic carbocycles. The average molecular weight is 249 g/mol. The van der Waals surface area contributed by atoms with E-state index in [9.17, 15) is 0 Å². The molecule has 0 fully saturated rings. The summed E-state index contributed by atoms with van der Waals surface area (Å²) in [6, 6.07) is 7.86. The van der Waals surface area contributed by atoms with Crippen molar-refractivity contribution in [2.75, 3.05) is 0 Å². The molecule has 0 saturated heterocycles. The predicted octanol–water partition coefficient (Wildman–Crippen LogP) is 3.21. The fraction of sp³-hybridized carbons (Fsp3) is 0.0909. The number of halogens is 1. The lowest BCUT2D eigenvalue weighted by atomic mass is 10.1. The molecule has 3 heteroatoms. The lowest BCUT2D eigenvalue weighted by Crippen LogP contribution is -1.87. The molecule has 0 N–H and O–H groups in total. The molecule has 0 atom stereocenters. The minimum Gasteiger partial charge on any atom is -0.264 e. The summed E-state index contributed by atoms with van der Waals surface area (Å²) in [5.74, 6) is 0. The SMILES string of the molecule is Cc1cnccc1-c1cccc(Br)n1. The van der Waals surface area contributed by atoms with Crippen LogP contribution in [0.25, 0.3) is 11.3 Å². The zero-order valence-corrected chi connectivity index (χ0v) is 9.32. The molecule has 70 valence electrons. The van der Waals surface area contributed by atoms with E-state index in [2.05, 4.69) is 25.9 Å². The fourth-order valence-electron chi connectivity index (χ4n) is 1.32. The first-order chi connectivity index (χ1) is 6.77. The van der Waals surface area contributed by atoms with Gasteiger partial charge in [-0.3, -0.25) is 4.98 Å². The third-order valence-electron chi connectivity index (χ3n) is 2.01. The Morgan fingerprint density at radius 2 is 2.07 bits per heavy atom. The first-order valence-corrected chi connectivity index (χ1v) is 5.10. The molecule has 2 nitrogen and oxygen atoms in total. The van der Waals surface area contributed by atoms with Crippen LogP contribution in [0.15, 0.2) is 41.3 Å². The van der Waals surface area contributed by atoms with Crippen molar-refractivity contribution in [3.63, 3.8) is 0 Å². The van der Waals surface area contributed by atoms with E-state index in [-0.39, 0.29) is 0 Å². The number of nitrogens with zero attached hydrogens (tertiary/aromatic N) is 2. The first-order valence-electron chi connectivity index (χ1n) is 4.31. The van der Waals surface area contributed by atoms with Gasteiger partial charge in [0.25, 0.3) is 0 Å². The van der Waals surface area contributed by atoms with E-state index in [0.29, 0.717) is 0 Å². The molecule has 0 amide bonds. The van der Waals surface area contributed by atoms with Crippen molar-refractivity contribution in [3.05, 3.63) is 46.8 Å². The second-order valence-corrected chi connectivity index (χ2v) is 3.85. The van der Waals surface area contributed by atoms with Crippen molar-refractivity contribution in [1.82, 2.24) is 9.97 Å². The Kier molecular flexibility index (Phi) is 2.59. The quantitative estimate of drug-likeness (QED) is 0.725. The lowest BCUT2D eigenvalue weighted by Gasteiger charge is -2.03. The van der Waals surface area contributed by atoms with Crippen molar-refractivity contribution in [2.45, 2.75) is 6.92 Å². The van der Waals surface area contributed by atoms with Crippen LogP contribution in [-0.2, 0) is 0 Å². The van der Waals surface area contributed by atoms with Crippen molar-refractivity contribution >= 4 is 15.9 Å². The van der Waals surface area contributed by atoms with E-state index in [1.54, 1.807) is 6.20 Å². The van der Waals surface area contributed by atoms with Gasteiger partial charge < -0.3 is 0 Å². The van der Waals surface area contributed by atoms with E-state index in [4.69, 9.17) is 0 Å². The molecular formula is C11H9BrN2. The van der Waals surface area contributed by atoms with Crippen LogP contribution in [0.5, 0.6) is 0 Å². The molecule has 2 rings (SSSR count). The predicted molar refractivity (Wildman–Crippen MR) is 59.9 cm³/mol. The molecule has 0 aliphatic rings. The Morgan fingerprint density at radius 1 is 1.21 bits per heavy atom. The van der Waals surface area contributed by atoms with Crippen molar-refractivity contribution < 1.29 is 0 Å². The summed E-state index contributed by atoms with van der Waals surface area (Å²) in [4.78, 5) is 8.45. The van der Waals surface area contributed by atoms with Crippen LogP contribution >= 0.6 is 15.9 Å². The lowest BCUT2D eigenvalue weighted by molar-refractivity contribution is 1.23. The maximum Gasteiger partial charge on any atom is 0.106 e. The molecule has 0 aliphatic carbocycles. The second kappa shape index (κ2) is 3.88. The summed E-state index contributed by atoms with van der Waals surface area (Å²) in [6.07, 6.45) is 3.63. The van der Waals surface area contributed by atoms with E-state index in [0.717, 1.165) is 21.4 Å². The van der Waals surface area contributed by atoms with Gasteiger partial charge in [-0.05, 0) is 46.6 Å². The summed E-state index contributed by atoms with van der Waals surface area (Å²) in [5.41, 5.74) is 3.23. The molecule has 14 heavy (non-hydrogen) atoms. The molecular weight excluding hydrogens is 240 g/mol. The highest BCUT2D eigenvalue weighted by Crippen LogP contribution is 2.21. The van der Waals surface area contributed by atoms with Crippen LogP contribution in [0.3, 0.4) is 0 Å². The van der Waals surface area contributed by atoms with Gasteiger partial charge in [-0.25, -0.2) is 4.98 Å². The summed E-state index contributed by atoms with van der Waals surface area (Å²) in [6.45, 7) is 2.03. The topological polar surface area (TPSA) is 25.8 Å². The highest BCUT2D eigenvalue weighted by Gasteiger charge is 2.02. The minimum absolute atomic E-state index is 0.853. The Bertz CT molecular complexity index is 455. The summed E-state index contributed by atoms with van der Waals surface area (Å²) >= 11 is 3.36. The van der Waals surface area contributed by atoms with Crippen LogP contribution in [0.1, 0.15) is 5.56 Å². The molecule has 0 bridgehead atoms. The van der Waals surface area contributed by atoms with Gasteiger partial charge in [0.15, 0.2) is 0 Å². The van der Waals surface area contributed by atoms with Gasteiger partial charge in [0.05, 0.1) is 5.69 Å². The van der Waals surface area contributed by atoms with Gasteiger partial charge in [-0.15, -0.1) is 0 Å². The molecule has 2 heterocycles. The Balaban J connectivity index is 2.55. The summed E-state index contributed by atoms with van der Waals surface area (Å²) < 4.78 is 0.853. The maximum atomic E-state index is 4.39. The molecule has 0 radical (unpaired) electrons. The zero-order valence-electron chi connectivity index (χ0n) is 7.74. The van der Waals surface area contributed by atoms with Gasteiger partial charge in [-0.2, -0.15) is 0 Å². The Morgan fingerprint density at radius 3 is 2.79 bits per heavy atom. The smallest absolute Gasteiger partial charge is 0.106 e. The van der Waals surface area contributed by atoms with Gasteiger partial charge in [0.1, 0.15) is 4.60 Å². The van der Waals surface area contributed by atoms with Gasteiger partial charge in [0.2, 0.25) is 0 Å². The van der Waals surface area contributed by atoms with E-state index in [1.807, 2.05) is 37.4 Å². The van der Waals surface area contributed by atoms with Crippen LogP contribution in [0.2, 0.25) is 0 Å². The van der Waals surface area contributed by atoms with Crippen molar-refractivity contribution in [1.29, 1.82) is 0 Å². The van der Waals surface area contributed by atoms with E-state index in [1.165, 1.54) is 0 Å². The number of aromatic nitrogens is 2. The largest absolute Gasteiger partial charge is 0.264 e. The number of hydrogen-bond donors (Lipinski definition) is 0. The third kappa shape index (κ3) is 1.82. The highest BCUT2D eigenvalue weighted by molar-refractivity contribution is 9.10. The molecule has 2 aromatic rings. The molecule has 0 aliphatic heterocycles. The zero-order chi connectivity index (χ0) is 9.97. The first kappa shape index (κ1) is 9.34. The fourth-order valence-corrected chi connectivity index (χ4v) is 1.66. The summed E-state index contributed by atoms with van der Waals surface area (Å²) in [5, 5.41) is 0. The maximum absolute atomic E-state index is 4.39. The Hall–Kier alpha value is -1.22. The number of rotatable bonds is 1. The van der Waals surface area contributed by atoms with Crippen LogP contribution in [0, 0.1) is 6.92 Å². The van der Waals surface area contributed by atoms with Gasteiger partial charge in [-0.1, -0.05) is 6.07 Å². The number of hydrogen-bond acceptors (Lipinski definition) is 2. The highest BCUT2D eigenvalue weighted by atomic mass is 79.9. The monoisotopic (exact) mass is 248 g/mol. The average Bonchev–Trinajstić information content (AvgIpc) is 2.18. The minimum atomic E-state index is 0.853. The Labute approximate surface area is 91.2 Å². The van der Waals surface area contributed by atoms with E-state index < -0.39 is 0 Å². The summed E-state index contributed by atoms with van der Waals surface area (Å²) in [7, 11) is 0. The molecule has 0 spiro atoms. The van der Waals surface area contributed by atoms with Crippen molar-refractivity contribution in [3.8, 4) is 11.3 Å². The standard InChI is InChI=1S/C11H9BrN2/c1-8-7-13-6-5-9(8)10-3-2-4-11(12)14-10/h2-7H,1H3. The van der Waals surface area contributed by atoms with Crippen LogP contribution in [0.4, 0.5) is 0 Å². The second-order valence-electron chi connectivity index (χ2n) is 3.04. The third-order valence-corrected chi connectivity index (χ3v) is 2.45. The van der Waals surface area contributed by atoms with Crippen LogP contribution < -0.4 is 0 Å². The molecule has 0 saturated carbocycles. The molecule has 0 unspecified atom stereocenters. The van der Waals surface area contributed by atoms with E-state index >= 15 is 0 Å². The van der Waals surface area contributed by atoms with Gasteiger partial charge in [0, 0.05) is 18.0 Å².